The highest BCUT2D eigenvalue weighted by atomic mass is 16.2. The molecule has 30 heavy (non-hydrogen) atoms. The fourth-order valence-corrected chi connectivity index (χ4v) is 4.98. The van der Waals surface area contributed by atoms with Gasteiger partial charge in [-0.25, -0.2) is 0 Å². The van der Waals surface area contributed by atoms with Crippen LogP contribution >= 0.6 is 0 Å². The third-order valence-electron chi connectivity index (χ3n) is 6.67. The number of amides is 1. The SMILES string of the molecule is CN(Cc1ccccc1)C(=O)[C@H]1CCCN(C2CCN(Cc3ccncc3)CC2)C1. The van der Waals surface area contributed by atoms with Crippen LogP contribution in [0.3, 0.4) is 0 Å². The summed E-state index contributed by atoms with van der Waals surface area (Å²) in [5, 5.41) is 0. The summed E-state index contributed by atoms with van der Waals surface area (Å²) in [5.74, 6) is 0.445. The van der Waals surface area contributed by atoms with Crippen molar-refractivity contribution in [2.45, 2.75) is 44.8 Å². The molecule has 0 bridgehead atoms. The van der Waals surface area contributed by atoms with Crippen LogP contribution < -0.4 is 0 Å². The van der Waals surface area contributed by atoms with E-state index in [0.29, 0.717) is 18.5 Å². The van der Waals surface area contributed by atoms with Gasteiger partial charge in [-0.3, -0.25) is 19.6 Å². The van der Waals surface area contributed by atoms with Crippen LogP contribution in [0.1, 0.15) is 36.8 Å². The Labute approximate surface area is 180 Å². The van der Waals surface area contributed by atoms with E-state index in [4.69, 9.17) is 0 Å². The maximum atomic E-state index is 13.1. The van der Waals surface area contributed by atoms with Crippen LogP contribution in [-0.4, -0.2) is 64.9 Å². The van der Waals surface area contributed by atoms with Gasteiger partial charge in [0.1, 0.15) is 0 Å². The molecular weight excluding hydrogens is 372 g/mol. The van der Waals surface area contributed by atoms with Crippen molar-refractivity contribution in [2.24, 2.45) is 5.92 Å². The largest absolute Gasteiger partial charge is 0.341 e. The third-order valence-corrected chi connectivity index (χ3v) is 6.67. The molecule has 0 saturated carbocycles. The molecule has 0 radical (unpaired) electrons. The van der Waals surface area contributed by atoms with Gasteiger partial charge in [0.05, 0.1) is 5.92 Å². The van der Waals surface area contributed by atoms with Crippen molar-refractivity contribution in [3.05, 3.63) is 66.0 Å². The van der Waals surface area contributed by atoms with Gasteiger partial charge < -0.3 is 4.90 Å². The summed E-state index contributed by atoms with van der Waals surface area (Å²) in [6, 6.07) is 15.1. The second-order valence-corrected chi connectivity index (χ2v) is 8.88. The van der Waals surface area contributed by atoms with Gasteiger partial charge >= 0.3 is 0 Å². The third kappa shape index (κ3) is 5.46. The molecule has 5 nitrogen and oxygen atoms in total. The number of aromatic nitrogens is 1. The lowest BCUT2D eigenvalue weighted by molar-refractivity contribution is -0.137. The molecule has 1 aromatic carbocycles. The summed E-state index contributed by atoms with van der Waals surface area (Å²) in [4.78, 5) is 24.3. The molecule has 160 valence electrons. The van der Waals surface area contributed by atoms with Crippen molar-refractivity contribution >= 4 is 5.91 Å². The molecule has 2 aliphatic heterocycles. The van der Waals surface area contributed by atoms with Gasteiger partial charge in [-0.2, -0.15) is 0 Å². The molecule has 1 aromatic heterocycles. The summed E-state index contributed by atoms with van der Waals surface area (Å²) in [7, 11) is 1.95. The lowest BCUT2D eigenvalue weighted by atomic mass is 9.92. The van der Waals surface area contributed by atoms with Crippen LogP contribution in [0.2, 0.25) is 0 Å². The van der Waals surface area contributed by atoms with E-state index in [9.17, 15) is 4.79 Å². The molecule has 5 heteroatoms. The zero-order valence-electron chi connectivity index (χ0n) is 18.1. The quantitative estimate of drug-likeness (QED) is 0.737. The normalized spacial score (nSPS) is 21.4. The van der Waals surface area contributed by atoms with Crippen LogP contribution in [0.5, 0.6) is 0 Å². The zero-order valence-corrected chi connectivity index (χ0v) is 18.1. The minimum Gasteiger partial charge on any atom is -0.341 e. The molecule has 4 rings (SSSR count). The Morgan fingerprint density at radius 2 is 1.73 bits per heavy atom. The molecule has 3 heterocycles. The van der Waals surface area contributed by atoms with Crippen LogP contribution in [0.4, 0.5) is 0 Å². The number of piperidine rings is 2. The summed E-state index contributed by atoms with van der Waals surface area (Å²) < 4.78 is 0. The molecule has 1 amide bonds. The van der Waals surface area contributed by atoms with Gasteiger partial charge in [-0.05, 0) is 68.6 Å². The van der Waals surface area contributed by atoms with Gasteiger partial charge in [0.15, 0.2) is 0 Å². The Hall–Kier alpha value is -2.24. The van der Waals surface area contributed by atoms with Gasteiger partial charge in [-0.1, -0.05) is 30.3 Å². The summed E-state index contributed by atoms with van der Waals surface area (Å²) in [5.41, 5.74) is 2.54. The highest BCUT2D eigenvalue weighted by Gasteiger charge is 2.32. The predicted octanol–water partition coefficient (Wildman–Crippen LogP) is 3.42. The predicted molar refractivity (Wildman–Crippen MR) is 120 cm³/mol. The average molecular weight is 407 g/mol. The topological polar surface area (TPSA) is 39.7 Å². The minimum absolute atomic E-state index is 0.141. The molecule has 0 unspecified atom stereocenters. The number of likely N-dealkylation sites (tertiary alicyclic amines) is 2. The summed E-state index contributed by atoms with van der Waals surface area (Å²) >= 11 is 0. The van der Waals surface area contributed by atoms with Gasteiger partial charge in [0, 0.05) is 45.1 Å². The first kappa shape index (κ1) is 21.0. The molecule has 2 saturated heterocycles. The smallest absolute Gasteiger partial charge is 0.227 e. The number of hydrogen-bond acceptors (Lipinski definition) is 4. The fourth-order valence-electron chi connectivity index (χ4n) is 4.98. The number of carbonyl (C=O) groups excluding carboxylic acids is 1. The van der Waals surface area contributed by atoms with E-state index in [-0.39, 0.29) is 5.92 Å². The van der Waals surface area contributed by atoms with Crippen LogP contribution in [0, 0.1) is 5.92 Å². The maximum Gasteiger partial charge on any atom is 0.227 e. The molecule has 0 N–H and O–H groups in total. The van der Waals surface area contributed by atoms with E-state index >= 15 is 0 Å². The minimum atomic E-state index is 0.141. The molecule has 2 aromatic rings. The fraction of sp³-hybridized carbons (Fsp3) is 0.520. The van der Waals surface area contributed by atoms with E-state index in [1.165, 1.54) is 24.0 Å². The molecular formula is C25H34N4O. The van der Waals surface area contributed by atoms with Gasteiger partial charge in [-0.15, -0.1) is 0 Å². The standard InChI is InChI=1S/C25H34N4O/c1-27(18-21-6-3-2-4-7-21)25(30)23-8-5-15-29(20-23)24-11-16-28(17-12-24)19-22-9-13-26-14-10-22/h2-4,6-7,9-10,13-14,23-24H,5,8,11-12,15-20H2,1H3/t23-/m0/s1. The Morgan fingerprint density at radius 1 is 1.00 bits per heavy atom. The van der Waals surface area contributed by atoms with E-state index in [0.717, 1.165) is 45.6 Å². The monoisotopic (exact) mass is 406 g/mol. The molecule has 0 aliphatic carbocycles. The second-order valence-electron chi connectivity index (χ2n) is 8.88. The van der Waals surface area contributed by atoms with E-state index in [1.54, 1.807) is 0 Å². The van der Waals surface area contributed by atoms with Crippen molar-refractivity contribution < 1.29 is 4.79 Å². The number of carbonyl (C=O) groups is 1. The average Bonchev–Trinajstić information content (AvgIpc) is 2.80. The maximum absolute atomic E-state index is 13.1. The Morgan fingerprint density at radius 3 is 2.47 bits per heavy atom. The first-order valence-corrected chi connectivity index (χ1v) is 11.3. The molecule has 2 fully saturated rings. The number of rotatable bonds is 6. The lowest BCUT2D eigenvalue weighted by Gasteiger charge is -2.42. The van der Waals surface area contributed by atoms with Crippen LogP contribution in [-0.2, 0) is 17.9 Å². The van der Waals surface area contributed by atoms with Crippen molar-refractivity contribution in [2.75, 3.05) is 33.2 Å². The number of benzene rings is 1. The first-order valence-electron chi connectivity index (χ1n) is 11.3. The highest BCUT2D eigenvalue weighted by molar-refractivity contribution is 5.79. The van der Waals surface area contributed by atoms with E-state index < -0.39 is 0 Å². The van der Waals surface area contributed by atoms with Gasteiger partial charge in [0.25, 0.3) is 0 Å². The first-order chi connectivity index (χ1) is 14.7. The van der Waals surface area contributed by atoms with Crippen molar-refractivity contribution in [1.82, 2.24) is 19.7 Å². The van der Waals surface area contributed by atoms with Gasteiger partial charge in [0.2, 0.25) is 5.91 Å². The Bertz CT molecular complexity index is 789. The molecule has 0 spiro atoms. The molecule has 1 atom stereocenters. The van der Waals surface area contributed by atoms with E-state index in [1.807, 2.05) is 42.5 Å². The lowest BCUT2D eigenvalue weighted by Crippen LogP contribution is -2.50. The molecule has 2 aliphatic rings. The summed E-state index contributed by atoms with van der Waals surface area (Å²) in [6.45, 7) is 6.05. The Kier molecular flexibility index (Phi) is 7.13. The van der Waals surface area contributed by atoms with Crippen molar-refractivity contribution in [1.29, 1.82) is 0 Å². The Balaban J connectivity index is 1.26. The number of pyridine rings is 1. The zero-order chi connectivity index (χ0) is 20.8. The second kappa shape index (κ2) is 10.2. The van der Waals surface area contributed by atoms with E-state index in [2.05, 4.69) is 39.0 Å². The number of nitrogens with zero attached hydrogens (tertiary/aromatic N) is 4. The van der Waals surface area contributed by atoms with Crippen LogP contribution in [0.25, 0.3) is 0 Å². The van der Waals surface area contributed by atoms with Crippen molar-refractivity contribution in [3.8, 4) is 0 Å². The number of hydrogen-bond donors (Lipinski definition) is 0. The highest BCUT2D eigenvalue weighted by Crippen LogP contribution is 2.26. The van der Waals surface area contributed by atoms with Crippen LogP contribution in [0.15, 0.2) is 54.9 Å². The summed E-state index contributed by atoms with van der Waals surface area (Å²) in [6.07, 6.45) is 8.31. The van der Waals surface area contributed by atoms with Crippen molar-refractivity contribution in [3.63, 3.8) is 0 Å².